The fourth-order valence-electron chi connectivity index (χ4n) is 2.95. The number of anilines is 1. The van der Waals surface area contributed by atoms with Crippen LogP contribution in [0.2, 0.25) is 0 Å². The summed E-state index contributed by atoms with van der Waals surface area (Å²) < 4.78 is 7.68. The Morgan fingerprint density at radius 3 is 2.92 bits per heavy atom. The number of nitriles is 1. The van der Waals surface area contributed by atoms with Gasteiger partial charge in [-0.3, -0.25) is 14.8 Å². The van der Waals surface area contributed by atoms with Crippen molar-refractivity contribution in [2.75, 3.05) is 24.6 Å². The van der Waals surface area contributed by atoms with Gasteiger partial charge in [0.05, 0.1) is 35.5 Å². The lowest BCUT2D eigenvalue weighted by Gasteiger charge is -2.41. The number of hydrogen-bond donors (Lipinski definition) is 0. The average Bonchev–Trinajstić information content (AvgIpc) is 3.01. The summed E-state index contributed by atoms with van der Waals surface area (Å²) in [6.45, 7) is 3.62. The minimum Gasteiger partial charge on any atom is -0.367 e. The second-order valence-electron chi connectivity index (χ2n) is 5.97. The van der Waals surface area contributed by atoms with Gasteiger partial charge in [0, 0.05) is 37.5 Å². The number of non-ortho nitro benzene ring substituents is 1. The Hall–Kier alpha value is -2.92. The fraction of sp³-hybridized carbons (Fsp3) is 0.375. The van der Waals surface area contributed by atoms with E-state index in [-0.39, 0.29) is 5.69 Å². The van der Waals surface area contributed by atoms with Crippen molar-refractivity contribution in [3.05, 3.63) is 51.8 Å². The van der Waals surface area contributed by atoms with E-state index in [0.717, 1.165) is 5.56 Å². The second kappa shape index (κ2) is 5.94. The molecular weight excluding hydrogens is 310 g/mol. The molecule has 0 saturated carbocycles. The Labute approximate surface area is 139 Å². The second-order valence-corrected chi connectivity index (χ2v) is 5.97. The number of aromatic nitrogens is 2. The van der Waals surface area contributed by atoms with Crippen LogP contribution in [-0.2, 0) is 17.4 Å². The van der Waals surface area contributed by atoms with Crippen LogP contribution < -0.4 is 4.90 Å². The maximum Gasteiger partial charge on any atom is 0.270 e. The van der Waals surface area contributed by atoms with E-state index in [9.17, 15) is 15.4 Å². The highest BCUT2D eigenvalue weighted by molar-refractivity contribution is 5.63. The summed E-state index contributed by atoms with van der Waals surface area (Å²) in [7, 11) is 1.84. The summed E-state index contributed by atoms with van der Waals surface area (Å²) in [5.41, 5.74) is 1.29. The third-order valence-electron chi connectivity index (χ3n) is 4.24. The average molecular weight is 327 g/mol. The summed E-state index contributed by atoms with van der Waals surface area (Å²) in [5.74, 6) is 0. The molecule has 0 N–H and O–H groups in total. The van der Waals surface area contributed by atoms with Gasteiger partial charge in [0.1, 0.15) is 11.7 Å². The monoisotopic (exact) mass is 327 g/mol. The highest BCUT2D eigenvalue weighted by Gasteiger charge is 2.35. The van der Waals surface area contributed by atoms with Gasteiger partial charge in [-0.25, -0.2) is 0 Å². The Kier molecular flexibility index (Phi) is 3.95. The molecule has 1 aromatic carbocycles. The summed E-state index contributed by atoms with van der Waals surface area (Å²) in [6.07, 6.45) is 3.68. The van der Waals surface area contributed by atoms with Crippen LogP contribution in [-0.4, -0.2) is 34.4 Å². The van der Waals surface area contributed by atoms with E-state index < -0.39 is 10.5 Å². The number of morpholine rings is 1. The lowest BCUT2D eigenvalue weighted by atomic mass is 9.96. The minimum absolute atomic E-state index is 0.0846. The molecule has 0 aliphatic carbocycles. The molecule has 0 bridgehead atoms. The molecule has 1 unspecified atom stereocenters. The van der Waals surface area contributed by atoms with E-state index in [4.69, 9.17) is 4.74 Å². The van der Waals surface area contributed by atoms with Gasteiger partial charge in [-0.05, 0) is 13.0 Å². The van der Waals surface area contributed by atoms with Crippen LogP contribution in [0.25, 0.3) is 0 Å². The molecule has 0 radical (unpaired) electrons. The Morgan fingerprint density at radius 2 is 2.29 bits per heavy atom. The van der Waals surface area contributed by atoms with Gasteiger partial charge in [-0.2, -0.15) is 10.4 Å². The molecule has 2 heterocycles. The third kappa shape index (κ3) is 2.81. The molecule has 0 spiro atoms. The summed E-state index contributed by atoms with van der Waals surface area (Å²) >= 11 is 0. The minimum atomic E-state index is -0.555. The van der Waals surface area contributed by atoms with Gasteiger partial charge in [0.15, 0.2) is 0 Å². The zero-order valence-electron chi connectivity index (χ0n) is 13.5. The van der Waals surface area contributed by atoms with Gasteiger partial charge in [0.2, 0.25) is 0 Å². The largest absolute Gasteiger partial charge is 0.367 e. The molecule has 24 heavy (non-hydrogen) atoms. The van der Waals surface area contributed by atoms with Crippen molar-refractivity contribution in [1.29, 1.82) is 5.26 Å². The van der Waals surface area contributed by atoms with E-state index in [0.29, 0.717) is 30.9 Å². The predicted molar refractivity (Wildman–Crippen MR) is 86.5 cm³/mol. The first-order chi connectivity index (χ1) is 11.4. The molecule has 1 aromatic heterocycles. The molecule has 2 aromatic rings. The van der Waals surface area contributed by atoms with Gasteiger partial charge in [-0.15, -0.1) is 0 Å². The lowest BCUT2D eigenvalue weighted by molar-refractivity contribution is -0.384. The predicted octanol–water partition coefficient (Wildman–Crippen LogP) is 1.95. The molecule has 8 nitrogen and oxygen atoms in total. The van der Waals surface area contributed by atoms with E-state index >= 15 is 0 Å². The van der Waals surface area contributed by atoms with Crippen LogP contribution in [0.15, 0.2) is 30.6 Å². The Morgan fingerprint density at radius 1 is 1.50 bits per heavy atom. The van der Waals surface area contributed by atoms with Crippen LogP contribution in [0, 0.1) is 21.4 Å². The molecule has 1 atom stereocenters. The number of hydrogen-bond acceptors (Lipinski definition) is 6. The van der Waals surface area contributed by atoms with Crippen molar-refractivity contribution in [3.63, 3.8) is 0 Å². The normalized spacial score (nSPS) is 20.6. The summed E-state index contributed by atoms with van der Waals surface area (Å²) in [4.78, 5) is 12.4. The molecule has 1 aliphatic rings. The van der Waals surface area contributed by atoms with Gasteiger partial charge in [0.25, 0.3) is 5.69 Å². The number of aryl methyl sites for hydroxylation is 1. The number of nitro benzene ring substituents is 1. The van der Waals surface area contributed by atoms with Crippen LogP contribution in [0.4, 0.5) is 11.4 Å². The Balaban J connectivity index is 1.93. The van der Waals surface area contributed by atoms with E-state index in [1.54, 1.807) is 16.9 Å². The topological polar surface area (TPSA) is 97.2 Å². The number of rotatable bonds is 3. The highest BCUT2D eigenvalue weighted by Crippen LogP contribution is 2.33. The number of ether oxygens (including phenoxy) is 1. The molecule has 124 valence electrons. The van der Waals surface area contributed by atoms with Crippen LogP contribution in [0.3, 0.4) is 0 Å². The smallest absolute Gasteiger partial charge is 0.270 e. The van der Waals surface area contributed by atoms with Crippen molar-refractivity contribution >= 4 is 11.4 Å². The first kappa shape index (κ1) is 16.0. The van der Waals surface area contributed by atoms with E-state index in [1.165, 1.54) is 12.1 Å². The van der Waals surface area contributed by atoms with Crippen LogP contribution in [0.1, 0.15) is 18.1 Å². The number of nitro groups is 1. The summed E-state index contributed by atoms with van der Waals surface area (Å²) in [6, 6.07) is 6.42. The van der Waals surface area contributed by atoms with Crippen LogP contribution >= 0.6 is 0 Å². The fourth-order valence-corrected chi connectivity index (χ4v) is 2.95. The number of benzene rings is 1. The van der Waals surface area contributed by atoms with Crippen LogP contribution in [0.5, 0.6) is 0 Å². The van der Waals surface area contributed by atoms with Crippen molar-refractivity contribution in [2.45, 2.75) is 12.5 Å². The van der Waals surface area contributed by atoms with Crippen molar-refractivity contribution in [2.24, 2.45) is 7.05 Å². The quantitative estimate of drug-likeness (QED) is 0.631. The standard InChI is InChI=1S/C16H17N5O3/c1-16(13-9-18-19(2)10-13)11-20(5-6-24-16)15-4-3-14(21(22)23)7-12(15)8-17/h3-4,7,9-10H,5-6,11H2,1-2H3. The van der Waals surface area contributed by atoms with Crippen molar-refractivity contribution in [1.82, 2.24) is 9.78 Å². The zero-order chi connectivity index (χ0) is 17.3. The van der Waals surface area contributed by atoms with Gasteiger partial charge >= 0.3 is 0 Å². The first-order valence-electron chi connectivity index (χ1n) is 7.49. The van der Waals surface area contributed by atoms with E-state index in [1.807, 2.05) is 25.1 Å². The first-order valence-corrected chi connectivity index (χ1v) is 7.49. The molecular formula is C16H17N5O3. The molecule has 1 saturated heterocycles. The number of nitrogens with zero attached hydrogens (tertiary/aromatic N) is 5. The third-order valence-corrected chi connectivity index (χ3v) is 4.24. The molecule has 1 aliphatic heterocycles. The highest BCUT2D eigenvalue weighted by atomic mass is 16.6. The maximum atomic E-state index is 10.9. The Bertz CT molecular complexity index is 825. The molecule has 1 fully saturated rings. The maximum absolute atomic E-state index is 10.9. The molecule has 0 amide bonds. The molecule has 3 rings (SSSR count). The SMILES string of the molecule is Cn1cc(C2(C)CN(c3ccc([N+](=O)[O-])cc3C#N)CCO2)cn1. The van der Waals surface area contributed by atoms with Gasteiger partial charge < -0.3 is 9.64 Å². The van der Waals surface area contributed by atoms with Gasteiger partial charge in [-0.1, -0.05) is 0 Å². The lowest BCUT2D eigenvalue weighted by Crippen LogP contribution is -2.48. The molecule has 8 heteroatoms. The van der Waals surface area contributed by atoms with Crippen molar-refractivity contribution < 1.29 is 9.66 Å². The van der Waals surface area contributed by atoms with E-state index in [2.05, 4.69) is 11.2 Å². The summed E-state index contributed by atoms with van der Waals surface area (Å²) in [5, 5.41) is 24.5. The zero-order valence-corrected chi connectivity index (χ0v) is 13.5. The van der Waals surface area contributed by atoms with Crippen molar-refractivity contribution in [3.8, 4) is 6.07 Å².